The third-order valence-corrected chi connectivity index (χ3v) is 4.55. The van der Waals surface area contributed by atoms with Crippen LogP contribution in [0.15, 0.2) is 35.0 Å². The minimum atomic E-state index is -0.186. The van der Waals surface area contributed by atoms with Crippen LogP contribution >= 0.6 is 0 Å². The summed E-state index contributed by atoms with van der Waals surface area (Å²) in [6, 6.07) is 5.52. The molecular weight excluding hydrogens is 318 g/mol. The Labute approximate surface area is 145 Å². The standard InChI is InChI=1S/C18H21N5O2/c1-12-5-6-16-15(20-12)8-17(25-16)18(24)21-13-4-3-7-23(10-13)14-9-19-22(2)11-14/h5-6,8-9,11,13H,3-4,7,10H2,1-2H3,(H,21,24)/t13-/m1/s1. The minimum absolute atomic E-state index is 0.0874. The van der Waals surface area contributed by atoms with Crippen LogP contribution in [0.1, 0.15) is 29.1 Å². The van der Waals surface area contributed by atoms with Crippen LogP contribution in [0.25, 0.3) is 11.1 Å². The third kappa shape index (κ3) is 3.22. The van der Waals surface area contributed by atoms with Gasteiger partial charge in [0.15, 0.2) is 11.3 Å². The number of hydrogen-bond donors (Lipinski definition) is 1. The fourth-order valence-electron chi connectivity index (χ4n) is 3.30. The average molecular weight is 339 g/mol. The molecule has 4 rings (SSSR count). The van der Waals surface area contributed by atoms with Crippen molar-refractivity contribution in [1.29, 1.82) is 0 Å². The fourth-order valence-corrected chi connectivity index (χ4v) is 3.30. The van der Waals surface area contributed by atoms with E-state index in [0.717, 1.165) is 37.3 Å². The predicted octanol–water partition coefficient (Wildman–Crippen LogP) is 2.27. The van der Waals surface area contributed by atoms with E-state index in [4.69, 9.17) is 4.42 Å². The van der Waals surface area contributed by atoms with Crippen molar-refractivity contribution in [3.8, 4) is 0 Å². The number of piperidine rings is 1. The van der Waals surface area contributed by atoms with E-state index in [2.05, 4.69) is 20.3 Å². The first kappa shape index (κ1) is 15.7. The van der Waals surface area contributed by atoms with Gasteiger partial charge in [0.05, 0.1) is 11.9 Å². The largest absolute Gasteiger partial charge is 0.449 e. The van der Waals surface area contributed by atoms with E-state index in [0.29, 0.717) is 16.9 Å². The number of rotatable bonds is 3. The summed E-state index contributed by atoms with van der Waals surface area (Å²) in [5, 5.41) is 7.31. The number of pyridine rings is 1. The lowest BCUT2D eigenvalue weighted by Gasteiger charge is -2.33. The van der Waals surface area contributed by atoms with Gasteiger partial charge in [0.2, 0.25) is 0 Å². The molecule has 3 aromatic heterocycles. The molecule has 0 radical (unpaired) electrons. The maximum Gasteiger partial charge on any atom is 0.287 e. The van der Waals surface area contributed by atoms with Crippen LogP contribution < -0.4 is 10.2 Å². The monoisotopic (exact) mass is 339 g/mol. The van der Waals surface area contributed by atoms with Gasteiger partial charge in [-0.1, -0.05) is 0 Å². The summed E-state index contributed by atoms with van der Waals surface area (Å²) in [5.74, 6) is 0.125. The Hall–Kier alpha value is -2.83. The zero-order chi connectivity index (χ0) is 17.4. The highest BCUT2D eigenvalue weighted by atomic mass is 16.3. The molecule has 1 saturated heterocycles. The first-order valence-electron chi connectivity index (χ1n) is 8.50. The molecule has 1 amide bonds. The summed E-state index contributed by atoms with van der Waals surface area (Å²) in [6.07, 6.45) is 5.84. The number of nitrogens with one attached hydrogen (secondary N) is 1. The molecule has 1 aliphatic rings. The first-order valence-corrected chi connectivity index (χ1v) is 8.50. The number of furan rings is 1. The fraction of sp³-hybridized carbons (Fsp3) is 0.389. The number of aryl methyl sites for hydroxylation is 2. The van der Waals surface area contributed by atoms with Crippen molar-refractivity contribution in [2.75, 3.05) is 18.0 Å². The number of amides is 1. The lowest BCUT2D eigenvalue weighted by Crippen LogP contribution is -2.47. The summed E-state index contributed by atoms with van der Waals surface area (Å²) in [7, 11) is 1.91. The van der Waals surface area contributed by atoms with Gasteiger partial charge < -0.3 is 14.6 Å². The summed E-state index contributed by atoms with van der Waals surface area (Å²) >= 11 is 0. The van der Waals surface area contributed by atoms with E-state index in [1.54, 1.807) is 10.7 Å². The van der Waals surface area contributed by atoms with Gasteiger partial charge in [0.25, 0.3) is 5.91 Å². The molecule has 0 unspecified atom stereocenters. The smallest absolute Gasteiger partial charge is 0.287 e. The van der Waals surface area contributed by atoms with Crippen LogP contribution in [-0.2, 0) is 7.05 Å². The van der Waals surface area contributed by atoms with Crippen LogP contribution in [0.2, 0.25) is 0 Å². The van der Waals surface area contributed by atoms with E-state index in [1.165, 1.54) is 0 Å². The number of aromatic nitrogens is 3. The minimum Gasteiger partial charge on any atom is -0.449 e. The SMILES string of the molecule is Cc1ccc2oc(C(=O)N[C@@H]3CCCN(c4cnn(C)c4)C3)cc2n1. The zero-order valence-corrected chi connectivity index (χ0v) is 14.4. The van der Waals surface area contributed by atoms with Crippen molar-refractivity contribution in [3.05, 3.63) is 42.0 Å². The molecule has 25 heavy (non-hydrogen) atoms. The van der Waals surface area contributed by atoms with Crippen molar-refractivity contribution in [2.45, 2.75) is 25.8 Å². The van der Waals surface area contributed by atoms with Gasteiger partial charge in [-0.3, -0.25) is 9.48 Å². The van der Waals surface area contributed by atoms with Crippen molar-refractivity contribution in [1.82, 2.24) is 20.1 Å². The molecule has 7 nitrogen and oxygen atoms in total. The van der Waals surface area contributed by atoms with Crippen molar-refractivity contribution < 1.29 is 9.21 Å². The Morgan fingerprint density at radius 3 is 3.08 bits per heavy atom. The summed E-state index contributed by atoms with van der Waals surface area (Å²) < 4.78 is 7.43. The quantitative estimate of drug-likeness (QED) is 0.792. The second kappa shape index (κ2) is 6.23. The lowest BCUT2D eigenvalue weighted by molar-refractivity contribution is 0.0907. The molecule has 130 valence electrons. The molecule has 0 spiro atoms. The lowest BCUT2D eigenvalue weighted by atomic mass is 10.1. The molecule has 0 saturated carbocycles. The highest BCUT2D eigenvalue weighted by Crippen LogP contribution is 2.21. The molecule has 3 aromatic rings. The van der Waals surface area contributed by atoms with Gasteiger partial charge in [-0.15, -0.1) is 0 Å². The highest BCUT2D eigenvalue weighted by Gasteiger charge is 2.24. The van der Waals surface area contributed by atoms with E-state index in [9.17, 15) is 4.79 Å². The zero-order valence-electron chi connectivity index (χ0n) is 14.4. The average Bonchev–Trinajstić information content (AvgIpc) is 3.21. The Morgan fingerprint density at radius 2 is 2.28 bits per heavy atom. The van der Waals surface area contributed by atoms with E-state index in [1.807, 2.05) is 38.5 Å². The molecule has 1 aliphatic heterocycles. The van der Waals surface area contributed by atoms with Crippen molar-refractivity contribution in [3.63, 3.8) is 0 Å². The van der Waals surface area contributed by atoms with Crippen LogP contribution in [0.4, 0.5) is 5.69 Å². The van der Waals surface area contributed by atoms with E-state index >= 15 is 0 Å². The maximum absolute atomic E-state index is 12.5. The summed E-state index contributed by atoms with van der Waals surface area (Å²) in [5.41, 5.74) is 3.34. The maximum atomic E-state index is 12.5. The van der Waals surface area contributed by atoms with Crippen LogP contribution in [0.3, 0.4) is 0 Å². The van der Waals surface area contributed by atoms with Gasteiger partial charge in [0, 0.05) is 44.1 Å². The number of carbonyl (C=O) groups excluding carboxylic acids is 1. The van der Waals surface area contributed by atoms with Gasteiger partial charge >= 0.3 is 0 Å². The summed E-state index contributed by atoms with van der Waals surface area (Å²) in [6.45, 7) is 3.67. The van der Waals surface area contributed by atoms with E-state index in [-0.39, 0.29) is 11.9 Å². The topological polar surface area (TPSA) is 76.2 Å². The molecule has 0 bridgehead atoms. The number of hydrogen-bond acceptors (Lipinski definition) is 5. The molecule has 0 aliphatic carbocycles. The Balaban J connectivity index is 1.45. The molecule has 7 heteroatoms. The Morgan fingerprint density at radius 1 is 1.40 bits per heavy atom. The van der Waals surface area contributed by atoms with Gasteiger partial charge in [0.1, 0.15) is 5.52 Å². The molecule has 1 N–H and O–H groups in total. The third-order valence-electron chi connectivity index (χ3n) is 4.55. The van der Waals surface area contributed by atoms with Gasteiger partial charge in [-0.2, -0.15) is 5.10 Å². The second-order valence-corrected chi connectivity index (χ2v) is 6.58. The van der Waals surface area contributed by atoms with Crippen LogP contribution in [-0.4, -0.2) is 39.8 Å². The molecule has 1 atom stereocenters. The van der Waals surface area contributed by atoms with Gasteiger partial charge in [-0.05, 0) is 31.9 Å². The summed E-state index contributed by atoms with van der Waals surface area (Å²) in [4.78, 5) is 19.2. The van der Waals surface area contributed by atoms with Crippen LogP contribution in [0.5, 0.6) is 0 Å². The number of nitrogens with zero attached hydrogens (tertiary/aromatic N) is 4. The van der Waals surface area contributed by atoms with E-state index < -0.39 is 0 Å². The van der Waals surface area contributed by atoms with Crippen LogP contribution in [0, 0.1) is 6.92 Å². The molecule has 4 heterocycles. The molecule has 0 aromatic carbocycles. The first-order chi connectivity index (χ1) is 12.1. The predicted molar refractivity (Wildman–Crippen MR) is 94.7 cm³/mol. The highest BCUT2D eigenvalue weighted by molar-refractivity contribution is 5.95. The second-order valence-electron chi connectivity index (χ2n) is 6.58. The molecule has 1 fully saturated rings. The van der Waals surface area contributed by atoms with Crippen molar-refractivity contribution in [2.24, 2.45) is 7.05 Å². The molecular formula is C18H21N5O2. The number of fused-ring (bicyclic) bond motifs is 1. The number of anilines is 1. The number of carbonyl (C=O) groups is 1. The Bertz CT molecular complexity index is 913. The van der Waals surface area contributed by atoms with Crippen molar-refractivity contribution >= 4 is 22.7 Å². The van der Waals surface area contributed by atoms with Gasteiger partial charge in [-0.25, -0.2) is 4.98 Å². The Kier molecular flexibility index (Phi) is 3.91. The normalized spacial score (nSPS) is 17.8.